The third kappa shape index (κ3) is 7.34. The molecule has 0 radical (unpaired) electrons. The van der Waals surface area contributed by atoms with E-state index >= 15 is 0 Å². The Morgan fingerprint density at radius 3 is 2.70 bits per heavy atom. The second-order valence-electron chi connectivity index (χ2n) is 8.68. The normalized spacial score (nSPS) is 17.0. The van der Waals surface area contributed by atoms with Gasteiger partial charge in [-0.3, -0.25) is 4.79 Å². The fourth-order valence-electron chi connectivity index (χ4n) is 4.28. The second kappa shape index (κ2) is 12.6. The lowest BCUT2D eigenvalue weighted by Crippen LogP contribution is -2.37. The zero-order chi connectivity index (χ0) is 23.7. The molecule has 0 bridgehead atoms. The minimum Gasteiger partial charge on any atom is -0.341 e. The van der Waals surface area contributed by atoms with Crippen LogP contribution in [-0.2, 0) is 21.1 Å². The largest absolute Gasteiger partial charge is 0.341 e. The Kier molecular flexibility index (Phi) is 9.85. The minimum absolute atomic E-state index is 0.135. The first-order valence-corrected chi connectivity index (χ1v) is 14.2. The Morgan fingerprint density at radius 2 is 2.00 bits per heavy atom. The summed E-state index contributed by atoms with van der Waals surface area (Å²) in [5, 5.41) is 8.63. The van der Waals surface area contributed by atoms with Crippen molar-refractivity contribution in [2.45, 2.75) is 61.2 Å². The highest BCUT2D eigenvalue weighted by molar-refractivity contribution is 7.93. The van der Waals surface area contributed by atoms with Gasteiger partial charge in [-0.25, -0.2) is 13.4 Å². The number of hydrogen-bond acceptors (Lipinski definition) is 7. The van der Waals surface area contributed by atoms with Crippen LogP contribution in [0.5, 0.6) is 0 Å². The summed E-state index contributed by atoms with van der Waals surface area (Å²) in [5.41, 5.74) is 1.13. The highest BCUT2D eigenvalue weighted by Crippen LogP contribution is 2.24. The van der Waals surface area contributed by atoms with Crippen LogP contribution in [0.3, 0.4) is 0 Å². The monoisotopic (exact) mass is 492 g/mol. The molecule has 3 rings (SSSR count). The number of amides is 1. The summed E-state index contributed by atoms with van der Waals surface area (Å²) in [6, 6.07) is 7.60. The number of carbonyl (C=O) groups is 1. The van der Waals surface area contributed by atoms with E-state index in [0.29, 0.717) is 18.4 Å². The number of nitrogens with one attached hydrogen (secondary N) is 2. The lowest BCUT2D eigenvalue weighted by Gasteiger charge is -2.25. The van der Waals surface area contributed by atoms with Crippen molar-refractivity contribution in [3.8, 4) is 0 Å². The summed E-state index contributed by atoms with van der Waals surface area (Å²) < 4.78 is 25.3. The van der Waals surface area contributed by atoms with E-state index in [4.69, 9.17) is 0 Å². The number of unbranched alkanes of at least 4 members (excludes halogenated alkanes) is 1. The van der Waals surface area contributed by atoms with Gasteiger partial charge in [-0.15, -0.1) is 11.3 Å². The molecule has 0 saturated carbocycles. The van der Waals surface area contributed by atoms with E-state index in [9.17, 15) is 13.2 Å². The molecule has 0 aliphatic carbocycles. The number of rotatable bonds is 12. The molecule has 1 amide bonds. The lowest BCUT2D eigenvalue weighted by atomic mass is 9.92. The number of hydrogen-bond donors (Lipinski definition) is 2. The maximum atomic E-state index is 12.6. The lowest BCUT2D eigenvalue weighted by molar-refractivity contribution is -0.130. The van der Waals surface area contributed by atoms with Crippen LogP contribution in [0.4, 0.5) is 0 Å². The molecule has 2 aromatic rings. The van der Waals surface area contributed by atoms with Crippen LogP contribution < -0.4 is 10.6 Å². The number of benzene rings is 1. The van der Waals surface area contributed by atoms with Crippen LogP contribution in [0.25, 0.3) is 0 Å². The van der Waals surface area contributed by atoms with Gasteiger partial charge < -0.3 is 15.5 Å². The maximum Gasteiger partial charge on any atom is 0.233 e. The van der Waals surface area contributed by atoms with Crippen molar-refractivity contribution in [1.82, 2.24) is 20.5 Å². The van der Waals surface area contributed by atoms with E-state index < -0.39 is 9.84 Å². The average molecular weight is 493 g/mol. The van der Waals surface area contributed by atoms with Gasteiger partial charge in [0.1, 0.15) is 0 Å². The van der Waals surface area contributed by atoms with Crippen molar-refractivity contribution >= 4 is 27.1 Å². The minimum atomic E-state index is -3.53. The van der Waals surface area contributed by atoms with Crippen molar-refractivity contribution < 1.29 is 13.2 Å². The molecule has 7 nitrogen and oxygen atoms in total. The predicted octanol–water partition coefficient (Wildman–Crippen LogP) is 3.12. The van der Waals surface area contributed by atoms with Gasteiger partial charge in [-0.1, -0.05) is 26.0 Å². The third-order valence-electron chi connectivity index (χ3n) is 6.25. The topological polar surface area (TPSA) is 91.4 Å². The highest BCUT2D eigenvalue weighted by atomic mass is 32.2. The summed E-state index contributed by atoms with van der Waals surface area (Å²) in [5.74, 6) is 0.688. The molecule has 1 aliphatic rings. The molecule has 2 unspecified atom stereocenters. The zero-order valence-electron chi connectivity index (χ0n) is 19.6. The Labute approximate surface area is 201 Å². The SMILES string of the molecule is CCC(NCCCCN1CCNCCC1=O)C(C)Cc1ccc(S(=O)(=O)c2nccs2)cc1. The summed E-state index contributed by atoms with van der Waals surface area (Å²) >= 11 is 1.14. The van der Waals surface area contributed by atoms with Crippen LogP contribution in [0.1, 0.15) is 45.1 Å². The first-order chi connectivity index (χ1) is 15.9. The van der Waals surface area contributed by atoms with E-state index in [1.807, 2.05) is 17.0 Å². The van der Waals surface area contributed by atoms with E-state index in [1.165, 1.54) is 6.20 Å². The Hall–Kier alpha value is -1.81. The fourth-order valence-corrected chi connectivity index (χ4v) is 6.50. The Morgan fingerprint density at radius 1 is 1.21 bits per heavy atom. The van der Waals surface area contributed by atoms with Gasteiger partial charge in [0.2, 0.25) is 20.1 Å². The first-order valence-electron chi connectivity index (χ1n) is 11.9. The van der Waals surface area contributed by atoms with E-state index in [-0.39, 0.29) is 15.1 Å². The highest BCUT2D eigenvalue weighted by Gasteiger charge is 2.21. The average Bonchev–Trinajstić information content (AvgIpc) is 3.28. The predicted molar refractivity (Wildman–Crippen MR) is 132 cm³/mol. The fraction of sp³-hybridized carbons (Fsp3) is 0.583. The quantitative estimate of drug-likeness (QED) is 0.443. The molecule has 2 atom stereocenters. The standard InChI is InChI=1S/C24H36N4O3S2/c1-3-22(26-11-4-5-15-28-16-13-25-12-10-23(28)29)19(2)18-20-6-8-21(9-7-20)33(30,31)24-27-14-17-32-24/h6-9,14,17,19,22,25-26H,3-5,10-13,15-16,18H2,1-2H3. The van der Waals surface area contributed by atoms with Crippen molar-refractivity contribution in [1.29, 1.82) is 0 Å². The van der Waals surface area contributed by atoms with E-state index in [1.54, 1.807) is 17.5 Å². The molecule has 2 N–H and O–H groups in total. The molecule has 1 aromatic carbocycles. The molecule has 1 aromatic heterocycles. The van der Waals surface area contributed by atoms with Crippen LogP contribution in [0.15, 0.2) is 45.1 Å². The van der Waals surface area contributed by atoms with Crippen LogP contribution >= 0.6 is 11.3 Å². The van der Waals surface area contributed by atoms with Gasteiger partial charge >= 0.3 is 0 Å². The molecule has 0 spiro atoms. The molecule has 9 heteroatoms. The third-order valence-corrected chi connectivity index (χ3v) is 9.22. The van der Waals surface area contributed by atoms with Crippen LogP contribution in [0, 0.1) is 5.92 Å². The molecule has 182 valence electrons. The van der Waals surface area contributed by atoms with Crippen molar-refractivity contribution in [2.75, 3.05) is 32.7 Å². The van der Waals surface area contributed by atoms with E-state index in [2.05, 4.69) is 29.5 Å². The van der Waals surface area contributed by atoms with Crippen molar-refractivity contribution in [2.24, 2.45) is 5.92 Å². The first kappa shape index (κ1) is 25.8. The number of aromatic nitrogens is 1. The summed E-state index contributed by atoms with van der Waals surface area (Å²) in [4.78, 5) is 18.3. The number of nitrogens with zero attached hydrogens (tertiary/aromatic N) is 2. The van der Waals surface area contributed by atoms with Crippen LogP contribution in [0.2, 0.25) is 0 Å². The molecule has 2 heterocycles. The van der Waals surface area contributed by atoms with Crippen molar-refractivity contribution in [3.05, 3.63) is 41.4 Å². The van der Waals surface area contributed by atoms with Gasteiger partial charge in [0.05, 0.1) is 4.90 Å². The van der Waals surface area contributed by atoms with Crippen LogP contribution in [-0.4, -0.2) is 63.0 Å². The Bertz CT molecular complexity index is 962. The zero-order valence-corrected chi connectivity index (χ0v) is 21.3. The summed E-state index contributed by atoms with van der Waals surface area (Å²) in [6.07, 6.45) is 6.09. The van der Waals surface area contributed by atoms with Gasteiger partial charge in [-0.05, 0) is 55.8 Å². The maximum absolute atomic E-state index is 12.6. The van der Waals surface area contributed by atoms with Gasteiger partial charge in [0.25, 0.3) is 0 Å². The number of sulfone groups is 1. The molecule has 33 heavy (non-hydrogen) atoms. The van der Waals surface area contributed by atoms with Gasteiger partial charge in [0, 0.05) is 50.2 Å². The molecule has 1 aliphatic heterocycles. The Balaban J connectivity index is 1.43. The molecule has 1 saturated heterocycles. The smallest absolute Gasteiger partial charge is 0.233 e. The summed E-state index contributed by atoms with van der Waals surface area (Å²) in [7, 11) is -3.53. The van der Waals surface area contributed by atoms with E-state index in [0.717, 1.165) is 75.3 Å². The number of carbonyl (C=O) groups excluding carboxylic acids is 1. The molecular formula is C24H36N4O3S2. The second-order valence-corrected chi connectivity index (χ2v) is 11.7. The molecule has 1 fully saturated rings. The summed E-state index contributed by atoms with van der Waals surface area (Å²) in [6.45, 7) is 8.70. The van der Waals surface area contributed by atoms with Gasteiger partial charge in [-0.2, -0.15) is 0 Å². The number of thiazole rings is 1. The van der Waals surface area contributed by atoms with Gasteiger partial charge in [0.15, 0.2) is 0 Å². The van der Waals surface area contributed by atoms with Crippen molar-refractivity contribution in [3.63, 3.8) is 0 Å². The molecular weight excluding hydrogens is 456 g/mol.